The average Bonchev–Trinajstić information content (AvgIpc) is 2.30. The molecule has 0 aliphatic heterocycles. The Labute approximate surface area is 101 Å². The van der Waals surface area contributed by atoms with Crippen molar-refractivity contribution in [1.82, 2.24) is 5.32 Å². The van der Waals surface area contributed by atoms with Gasteiger partial charge in [-0.2, -0.15) is 5.26 Å². The fourth-order valence-corrected chi connectivity index (χ4v) is 1.22. The number of hydrogen-bond donors (Lipinski definition) is 1. The molecule has 0 unspecified atom stereocenters. The van der Waals surface area contributed by atoms with Crippen LogP contribution < -0.4 is 10.1 Å². The number of hydrogen-bond acceptors (Lipinski definition) is 3. The molecular weight excluding hydrogens is 216 g/mol. The highest BCUT2D eigenvalue weighted by Crippen LogP contribution is 2.08. The van der Waals surface area contributed by atoms with Crippen molar-refractivity contribution in [2.24, 2.45) is 0 Å². The minimum absolute atomic E-state index is 0.188. The molecule has 0 fully saturated rings. The Morgan fingerprint density at radius 2 is 2.06 bits per heavy atom. The zero-order valence-corrected chi connectivity index (χ0v) is 10.1. The highest BCUT2D eigenvalue weighted by molar-refractivity contribution is 5.77. The molecule has 1 amide bonds. The molecule has 0 heterocycles. The van der Waals surface area contributed by atoms with Crippen LogP contribution in [0, 0.1) is 11.3 Å². The van der Waals surface area contributed by atoms with E-state index in [2.05, 4.69) is 5.32 Å². The van der Waals surface area contributed by atoms with Crippen LogP contribution in [0.1, 0.15) is 20.3 Å². The van der Waals surface area contributed by atoms with E-state index in [1.54, 1.807) is 13.8 Å². The number of rotatable bonds is 5. The highest BCUT2D eigenvalue weighted by atomic mass is 16.5. The maximum atomic E-state index is 11.5. The van der Waals surface area contributed by atoms with Gasteiger partial charge in [0.25, 0.3) is 0 Å². The molecule has 0 aromatic heterocycles. The standard InChI is InChI=1S/C13H16N2O2/c1-13(2,10-14)15-12(16)8-9-17-11-6-4-3-5-7-11/h3-7H,8-9H2,1-2H3,(H,15,16). The quantitative estimate of drug-likeness (QED) is 0.843. The molecule has 0 aliphatic carbocycles. The Balaban J connectivity index is 2.28. The molecule has 0 aliphatic rings. The van der Waals surface area contributed by atoms with Crippen molar-refractivity contribution in [1.29, 1.82) is 5.26 Å². The lowest BCUT2D eigenvalue weighted by molar-refractivity contribution is -0.122. The Bertz CT molecular complexity index is 407. The van der Waals surface area contributed by atoms with Crippen molar-refractivity contribution < 1.29 is 9.53 Å². The fourth-order valence-electron chi connectivity index (χ4n) is 1.22. The van der Waals surface area contributed by atoms with Gasteiger partial charge in [-0.25, -0.2) is 0 Å². The van der Waals surface area contributed by atoms with Crippen molar-refractivity contribution in [2.75, 3.05) is 6.61 Å². The van der Waals surface area contributed by atoms with Crippen LogP contribution in [0.5, 0.6) is 5.75 Å². The zero-order chi connectivity index (χ0) is 12.7. The lowest BCUT2D eigenvalue weighted by Crippen LogP contribution is -2.42. The van der Waals surface area contributed by atoms with Crippen LogP contribution >= 0.6 is 0 Å². The van der Waals surface area contributed by atoms with Crippen LogP contribution in [0.15, 0.2) is 30.3 Å². The number of carbonyl (C=O) groups excluding carboxylic acids is 1. The van der Waals surface area contributed by atoms with Crippen LogP contribution in [-0.4, -0.2) is 18.1 Å². The van der Waals surface area contributed by atoms with E-state index in [1.165, 1.54) is 0 Å². The molecular formula is C13H16N2O2. The van der Waals surface area contributed by atoms with Gasteiger partial charge in [0.2, 0.25) is 5.91 Å². The summed E-state index contributed by atoms with van der Waals surface area (Å²) in [5, 5.41) is 11.4. The van der Waals surface area contributed by atoms with Gasteiger partial charge < -0.3 is 10.1 Å². The van der Waals surface area contributed by atoms with E-state index in [-0.39, 0.29) is 12.3 Å². The van der Waals surface area contributed by atoms with E-state index < -0.39 is 5.54 Å². The SMILES string of the molecule is CC(C)(C#N)NC(=O)CCOc1ccccc1. The summed E-state index contributed by atoms with van der Waals surface area (Å²) in [6.45, 7) is 3.61. The van der Waals surface area contributed by atoms with E-state index in [1.807, 2.05) is 36.4 Å². The largest absolute Gasteiger partial charge is 0.493 e. The molecule has 0 saturated carbocycles. The predicted octanol–water partition coefficient (Wildman–Crippen LogP) is 1.87. The van der Waals surface area contributed by atoms with Gasteiger partial charge in [-0.3, -0.25) is 4.79 Å². The molecule has 1 rings (SSSR count). The smallest absolute Gasteiger partial charge is 0.224 e. The van der Waals surface area contributed by atoms with Crippen molar-refractivity contribution in [3.63, 3.8) is 0 Å². The Kier molecular flexibility index (Phi) is 4.53. The van der Waals surface area contributed by atoms with Gasteiger partial charge >= 0.3 is 0 Å². The number of benzene rings is 1. The first-order chi connectivity index (χ1) is 8.03. The maximum Gasteiger partial charge on any atom is 0.224 e. The first kappa shape index (κ1) is 13.0. The highest BCUT2D eigenvalue weighted by Gasteiger charge is 2.18. The van der Waals surface area contributed by atoms with E-state index in [4.69, 9.17) is 10.00 Å². The van der Waals surface area contributed by atoms with E-state index in [9.17, 15) is 4.79 Å². The molecule has 0 spiro atoms. The van der Waals surface area contributed by atoms with E-state index >= 15 is 0 Å². The van der Waals surface area contributed by atoms with Crippen molar-refractivity contribution >= 4 is 5.91 Å². The third-order valence-corrected chi connectivity index (χ3v) is 2.07. The molecule has 1 aromatic carbocycles. The summed E-state index contributed by atoms with van der Waals surface area (Å²) in [6, 6.07) is 11.3. The Morgan fingerprint density at radius 1 is 1.41 bits per heavy atom. The molecule has 0 saturated heterocycles. The summed E-state index contributed by atoms with van der Waals surface area (Å²) in [5.41, 5.74) is -0.830. The normalized spacial score (nSPS) is 10.4. The van der Waals surface area contributed by atoms with E-state index in [0.29, 0.717) is 6.61 Å². The summed E-state index contributed by atoms with van der Waals surface area (Å²) in [4.78, 5) is 11.5. The summed E-state index contributed by atoms with van der Waals surface area (Å²) in [6.07, 6.45) is 0.236. The molecule has 4 heteroatoms. The van der Waals surface area contributed by atoms with Crippen LogP contribution in [0.3, 0.4) is 0 Å². The maximum absolute atomic E-state index is 11.5. The van der Waals surface area contributed by atoms with Gasteiger partial charge in [0, 0.05) is 0 Å². The molecule has 0 radical (unpaired) electrons. The number of nitriles is 1. The van der Waals surface area contributed by atoms with E-state index in [0.717, 1.165) is 5.75 Å². The second kappa shape index (κ2) is 5.90. The van der Waals surface area contributed by atoms with Crippen LogP contribution in [-0.2, 0) is 4.79 Å². The number of para-hydroxylation sites is 1. The lowest BCUT2D eigenvalue weighted by atomic mass is 10.1. The number of ether oxygens (including phenoxy) is 1. The summed E-state index contributed by atoms with van der Waals surface area (Å²) in [5.74, 6) is 0.548. The molecule has 1 N–H and O–H groups in total. The van der Waals surface area contributed by atoms with Crippen LogP contribution in [0.25, 0.3) is 0 Å². The molecule has 90 valence electrons. The first-order valence-electron chi connectivity index (χ1n) is 5.43. The Morgan fingerprint density at radius 3 is 2.65 bits per heavy atom. The zero-order valence-electron chi connectivity index (χ0n) is 10.1. The summed E-state index contributed by atoms with van der Waals surface area (Å²) < 4.78 is 5.38. The average molecular weight is 232 g/mol. The van der Waals surface area contributed by atoms with Crippen LogP contribution in [0.2, 0.25) is 0 Å². The van der Waals surface area contributed by atoms with Gasteiger partial charge in [0.1, 0.15) is 11.3 Å². The van der Waals surface area contributed by atoms with Crippen LogP contribution in [0.4, 0.5) is 0 Å². The van der Waals surface area contributed by atoms with Gasteiger partial charge in [-0.15, -0.1) is 0 Å². The first-order valence-corrected chi connectivity index (χ1v) is 5.43. The van der Waals surface area contributed by atoms with Crippen molar-refractivity contribution in [3.05, 3.63) is 30.3 Å². The molecule has 0 bridgehead atoms. The molecule has 4 nitrogen and oxygen atoms in total. The predicted molar refractivity (Wildman–Crippen MR) is 64.4 cm³/mol. The Hall–Kier alpha value is -2.02. The van der Waals surface area contributed by atoms with Gasteiger partial charge in [-0.05, 0) is 26.0 Å². The fraction of sp³-hybridized carbons (Fsp3) is 0.385. The lowest BCUT2D eigenvalue weighted by Gasteiger charge is -2.17. The monoisotopic (exact) mass is 232 g/mol. The summed E-state index contributed by atoms with van der Waals surface area (Å²) in [7, 11) is 0. The molecule has 17 heavy (non-hydrogen) atoms. The minimum Gasteiger partial charge on any atom is -0.493 e. The summed E-state index contributed by atoms with van der Waals surface area (Å²) >= 11 is 0. The van der Waals surface area contributed by atoms with Gasteiger partial charge in [-0.1, -0.05) is 18.2 Å². The van der Waals surface area contributed by atoms with Crippen molar-refractivity contribution in [2.45, 2.75) is 25.8 Å². The number of nitrogens with one attached hydrogen (secondary N) is 1. The molecule has 0 atom stereocenters. The second-order valence-electron chi connectivity index (χ2n) is 4.20. The number of carbonyl (C=O) groups is 1. The van der Waals surface area contributed by atoms with Gasteiger partial charge in [0.05, 0.1) is 19.1 Å². The third-order valence-electron chi connectivity index (χ3n) is 2.07. The topological polar surface area (TPSA) is 62.1 Å². The third kappa shape index (κ3) is 5.03. The number of nitrogens with zero attached hydrogens (tertiary/aromatic N) is 1. The molecule has 1 aromatic rings. The number of amides is 1. The van der Waals surface area contributed by atoms with Gasteiger partial charge in [0.15, 0.2) is 0 Å². The minimum atomic E-state index is -0.830. The van der Waals surface area contributed by atoms with Crippen molar-refractivity contribution in [3.8, 4) is 11.8 Å². The second-order valence-corrected chi connectivity index (χ2v) is 4.20.